The number of nitrogens with two attached hydrogens (primary N) is 1. The standard InChI is InChI=1S/C13H15BrN4S/c14-10-3-4-11(13(15)19)12(9-10)16-5-1-7-18-8-2-6-17-18/h2-4,6,8-9,16H,1,5,7H2,(H2,15,19). The van der Waals surface area contributed by atoms with Gasteiger partial charge in [-0.2, -0.15) is 5.10 Å². The molecule has 0 spiro atoms. The second-order valence-electron chi connectivity index (χ2n) is 4.10. The maximum absolute atomic E-state index is 5.71. The molecule has 0 radical (unpaired) electrons. The van der Waals surface area contributed by atoms with E-state index in [0.717, 1.165) is 35.2 Å². The number of aryl methyl sites for hydroxylation is 1. The molecule has 3 N–H and O–H groups in total. The van der Waals surface area contributed by atoms with Gasteiger partial charge in [0.1, 0.15) is 4.99 Å². The smallest absolute Gasteiger partial charge is 0.106 e. The summed E-state index contributed by atoms with van der Waals surface area (Å²) in [7, 11) is 0. The summed E-state index contributed by atoms with van der Waals surface area (Å²) in [5.74, 6) is 0. The monoisotopic (exact) mass is 338 g/mol. The van der Waals surface area contributed by atoms with E-state index in [-0.39, 0.29) is 0 Å². The molecule has 0 saturated heterocycles. The molecule has 19 heavy (non-hydrogen) atoms. The van der Waals surface area contributed by atoms with Gasteiger partial charge in [-0.1, -0.05) is 28.1 Å². The summed E-state index contributed by atoms with van der Waals surface area (Å²) in [6.45, 7) is 1.72. The Morgan fingerprint density at radius 3 is 3.00 bits per heavy atom. The number of benzene rings is 1. The topological polar surface area (TPSA) is 55.9 Å². The third-order valence-corrected chi connectivity index (χ3v) is 3.40. The number of aromatic nitrogens is 2. The quantitative estimate of drug-likeness (QED) is 0.628. The van der Waals surface area contributed by atoms with Crippen molar-refractivity contribution in [1.82, 2.24) is 9.78 Å². The SMILES string of the molecule is NC(=S)c1ccc(Br)cc1NCCCn1cccn1. The van der Waals surface area contributed by atoms with E-state index in [1.807, 2.05) is 35.1 Å². The molecule has 1 aromatic heterocycles. The predicted octanol–water partition coefficient (Wildman–Crippen LogP) is 2.78. The molecule has 100 valence electrons. The Labute approximate surface area is 126 Å². The third-order valence-electron chi connectivity index (χ3n) is 2.69. The van der Waals surface area contributed by atoms with Crippen LogP contribution in [0.15, 0.2) is 41.1 Å². The number of nitrogens with one attached hydrogen (secondary N) is 1. The van der Waals surface area contributed by atoms with Gasteiger partial charge < -0.3 is 11.1 Å². The predicted molar refractivity (Wildman–Crippen MR) is 85.4 cm³/mol. The zero-order valence-electron chi connectivity index (χ0n) is 10.3. The first-order chi connectivity index (χ1) is 9.16. The Morgan fingerprint density at radius 2 is 2.32 bits per heavy atom. The lowest BCUT2D eigenvalue weighted by atomic mass is 10.1. The average molecular weight is 339 g/mol. The molecule has 2 rings (SSSR count). The van der Waals surface area contributed by atoms with Crippen LogP contribution in [0, 0.1) is 0 Å². The van der Waals surface area contributed by atoms with Gasteiger partial charge in [0, 0.05) is 41.2 Å². The lowest BCUT2D eigenvalue weighted by Gasteiger charge is -2.11. The minimum absolute atomic E-state index is 0.405. The highest BCUT2D eigenvalue weighted by atomic mass is 79.9. The summed E-state index contributed by atoms with van der Waals surface area (Å²) >= 11 is 8.49. The highest BCUT2D eigenvalue weighted by molar-refractivity contribution is 9.10. The fourth-order valence-electron chi connectivity index (χ4n) is 1.77. The number of hydrogen-bond acceptors (Lipinski definition) is 3. The van der Waals surface area contributed by atoms with E-state index < -0.39 is 0 Å². The van der Waals surface area contributed by atoms with Crippen molar-refractivity contribution in [3.63, 3.8) is 0 Å². The second kappa shape index (κ2) is 6.68. The molecule has 0 unspecified atom stereocenters. The molecule has 1 heterocycles. The van der Waals surface area contributed by atoms with E-state index in [4.69, 9.17) is 18.0 Å². The molecule has 0 aliphatic rings. The molecule has 0 aliphatic heterocycles. The van der Waals surface area contributed by atoms with Crippen LogP contribution < -0.4 is 11.1 Å². The van der Waals surface area contributed by atoms with Gasteiger partial charge in [-0.25, -0.2) is 0 Å². The Hall–Kier alpha value is -1.40. The Bertz CT molecular complexity index is 554. The fraction of sp³-hybridized carbons (Fsp3) is 0.231. The van der Waals surface area contributed by atoms with E-state index in [1.165, 1.54) is 0 Å². The minimum atomic E-state index is 0.405. The van der Waals surface area contributed by atoms with Crippen LogP contribution in [-0.2, 0) is 6.54 Å². The largest absolute Gasteiger partial charge is 0.389 e. The summed E-state index contributed by atoms with van der Waals surface area (Å²) in [4.78, 5) is 0.405. The highest BCUT2D eigenvalue weighted by Gasteiger charge is 2.05. The Morgan fingerprint density at radius 1 is 1.47 bits per heavy atom. The van der Waals surface area contributed by atoms with E-state index in [9.17, 15) is 0 Å². The number of thiocarbonyl (C=S) groups is 1. The zero-order chi connectivity index (χ0) is 13.7. The van der Waals surface area contributed by atoms with Gasteiger partial charge in [0.05, 0.1) is 0 Å². The number of rotatable bonds is 6. The van der Waals surface area contributed by atoms with E-state index in [1.54, 1.807) is 6.20 Å². The molecular formula is C13H15BrN4S. The van der Waals surface area contributed by atoms with Crippen molar-refractivity contribution in [3.8, 4) is 0 Å². The van der Waals surface area contributed by atoms with Crippen molar-refractivity contribution in [2.75, 3.05) is 11.9 Å². The van der Waals surface area contributed by atoms with Gasteiger partial charge in [0.15, 0.2) is 0 Å². The molecule has 0 bridgehead atoms. The van der Waals surface area contributed by atoms with Crippen molar-refractivity contribution in [3.05, 3.63) is 46.7 Å². The minimum Gasteiger partial charge on any atom is -0.389 e. The van der Waals surface area contributed by atoms with Gasteiger partial charge in [-0.15, -0.1) is 0 Å². The zero-order valence-corrected chi connectivity index (χ0v) is 12.7. The average Bonchev–Trinajstić information content (AvgIpc) is 2.87. The lowest BCUT2D eigenvalue weighted by Crippen LogP contribution is -2.14. The Kier molecular flexibility index (Phi) is 4.93. The molecule has 6 heteroatoms. The van der Waals surface area contributed by atoms with Crippen molar-refractivity contribution < 1.29 is 0 Å². The van der Waals surface area contributed by atoms with Crippen LogP contribution in [0.5, 0.6) is 0 Å². The molecule has 0 saturated carbocycles. The van der Waals surface area contributed by atoms with Gasteiger partial charge in [0.2, 0.25) is 0 Å². The first kappa shape index (κ1) is 14.0. The van der Waals surface area contributed by atoms with Crippen molar-refractivity contribution >= 4 is 38.8 Å². The normalized spacial score (nSPS) is 10.4. The number of hydrogen-bond donors (Lipinski definition) is 2. The van der Waals surface area contributed by atoms with Gasteiger partial charge in [0.25, 0.3) is 0 Å². The first-order valence-corrected chi connectivity index (χ1v) is 7.17. The second-order valence-corrected chi connectivity index (χ2v) is 5.46. The van der Waals surface area contributed by atoms with Crippen LogP contribution in [0.4, 0.5) is 5.69 Å². The molecular weight excluding hydrogens is 324 g/mol. The van der Waals surface area contributed by atoms with E-state index in [2.05, 4.69) is 26.3 Å². The van der Waals surface area contributed by atoms with Gasteiger partial charge >= 0.3 is 0 Å². The summed E-state index contributed by atoms with van der Waals surface area (Å²) in [6.07, 6.45) is 4.72. The van der Waals surface area contributed by atoms with Crippen molar-refractivity contribution in [2.45, 2.75) is 13.0 Å². The Balaban J connectivity index is 1.91. The third kappa shape index (κ3) is 4.04. The lowest BCUT2D eigenvalue weighted by molar-refractivity contribution is 0.592. The van der Waals surface area contributed by atoms with Crippen LogP contribution >= 0.6 is 28.1 Å². The summed E-state index contributed by atoms with van der Waals surface area (Å²) in [5.41, 5.74) is 7.54. The highest BCUT2D eigenvalue weighted by Crippen LogP contribution is 2.21. The molecule has 4 nitrogen and oxygen atoms in total. The maximum Gasteiger partial charge on any atom is 0.106 e. The maximum atomic E-state index is 5.71. The first-order valence-electron chi connectivity index (χ1n) is 5.97. The van der Waals surface area contributed by atoms with Gasteiger partial charge in [-0.05, 0) is 30.7 Å². The van der Waals surface area contributed by atoms with Crippen molar-refractivity contribution in [1.29, 1.82) is 0 Å². The number of halogens is 1. The summed E-state index contributed by atoms with van der Waals surface area (Å²) in [5, 5.41) is 7.52. The molecule has 0 amide bonds. The van der Waals surface area contributed by atoms with E-state index in [0.29, 0.717) is 4.99 Å². The molecule has 2 aromatic rings. The summed E-state index contributed by atoms with van der Waals surface area (Å²) < 4.78 is 2.92. The molecule has 0 fully saturated rings. The fourth-order valence-corrected chi connectivity index (χ4v) is 2.31. The summed E-state index contributed by atoms with van der Waals surface area (Å²) in [6, 6.07) is 7.76. The van der Waals surface area contributed by atoms with Crippen molar-refractivity contribution in [2.24, 2.45) is 5.73 Å². The van der Waals surface area contributed by atoms with Crippen LogP contribution in [0.1, 0.15) is 12.0 Å². The van der Waals surface area contributed by atoms with Gasteiger partial charge in [-0.3, -0.25) is 4.68 Å². The molecule has 0 aliphatic carbocycles. The molecule has 0 atom stereocenters. The van der Waals surface area contributed by atoms with E-state index >= 15 is 0 Å². The van der Waals surface area contributed by atoms with Crippen LogP contribution in [0.3, 0.4) is 0 Å². The number of anilines is 1. The van der Waals surface area contributed by atoms with Crippen LogP contribution in [0.2, 0.25) is 0 Å². The van der Waals surface area contributed by atoms with Crippen LogP contribution in [0.25, 0.3) is 0 Å². The number of nitrogens with zero attached hydrogens (tertiary/aromatic N) is 2. The van der Waals surface area contributed by atoms with Crippen LogP contribution in [-0.4, -0.2) is 21.3 Å². The molecule has 1 aromatic carbocycles.